The minimum absolute atomic E-state index is 0.0894. The van der Waals surface area contributed by atoms with E-state index >= 15 is 0 Å². The molecule has 2 rings (SSSR count). The van der Waals surface area contributed by atoms with E-state index < -0.39 is 0 Å². The molecule has 5 nitrogen and oxygen atoms in total. The Morgan fingerprint density at radius 1 is 1.38 bits per heavy atom. The minimum atomic E-state index is -0.265. The number of nitrogens with one attached hydrogen (secondary N) is 2. The van der Waals surface area contributed by atoms with Gasteiger partial charge in [0.1, 0.15) is 0 Å². The van der Waals surface area contributed by atoms with Gasteiger partial charge in [-0.15, -0.1) is 0 Å². The molecule has 0 spiro atoms. The van der Waals surface area contributed by atoms with Crippen LogP contribution in [0.1, 0.15) is 31.9 Å². The summed E-state index contributed by atoms with van der Waals surface area (Å²) < 4.78 is 0. The topological polar surface area (TPSA) is 61.4 Å². The van der Waals surface area contributed by atoms with E-state index in [9.17, 15) is 9.59 Å². The summed E-state index contributed by atoms with van der Waals surface area (Å²) in [4.78, 5) is 25.8. The molecular formula is C16H23N3O2. The summed E-state index contributed by atoms with van der Waals surface area (Å²) in [6.07, 6.45) is 0.300. The SMILES string of the molecule is CC(=O)NC(CC(=O)N1CCNC[C@H]1C)c1ccccc1. The van der Waals surface area contributed by atoms with Gasteiger partial charge < -0.3 is 15.5 Å². The van der Waals surface area contributed by atoms with Crippen molar-refractivity contribution in [3.05, 3.63) is 35.9 Å². The normalized spacial score (nSPS) is 19.9. The van der Waals surface area contributed by atoms with Crippen LogP contribution in [0.2, 0.25) is 0 Å². The lowest BCUT2D eigenvalue weighted by Gasteiger charge is -2.35. The van der Waals surface area contributed by atoms with Crippen LogP contribution in [0.25, 0.3) is 0 Å². The Balaban J connectivity index is 2.07. The summed E-state index contributed by atoms with van der Waals surface area (Å²) >= 11 is 0. The predicted octanol–water partition coefficient (Wildman–Crippen LogP) is 1.07. The second-order valence-electron chi connectivity index (χ2n) is 5.51. The Bertz CT molecular complexity index is 490. The molecule has 2 amide bonds. The second kappa shape index (κ2) is 7.22. The van der Waals surface area contributed by atoms with Gasteiger partial charge in [-0.2, -0.15) is 0 Å². The van der Waals surface area contributed by atoms with Crippen LogP contribution in [0.15, 0.2) is 30.3 Å². The summed E-state index contributed by atoms with van der Waals surface area (Å²) in [6, 6.07) is 9.57. The van der Waals surface area contributed by atoms with Crippen LogP contribution in [0.4, 0.5) is 0 Å². The van der Waals surface area contributed by atoms with Gasteiger partial charge in [-0.3, -0.25) is 9.59 Å². The lowest BCUT2D eigenvalue weighted by molar-refractivity contribution is -0.134. The fourth-order valence-corrected chi connectivity index (χ4v) is 2.69. The van der Waals surface area contributed by atoms with Gasteiger partial charge in [-0.05, 0) is 12.5 Å². The first-order valence-corrected chi connectivity index (χ1v) is 7.40. The maximum absolute atomic E-state index is 12.5. The van der Waals surface area contributed by atoms with E-state index in [0.29, 0.717) is 6.42 Å². The Kier molecular flexibility index (Phi) is 5.33. The number of hydrogen-bond acceptors (Lipinski definition) is 3. The Morgan fingerprint density at radius 2 is 2.10 bits per heavy atom. The Hall–Kier alpha value is -1.88. The van der Waals surface area contributed by atoms with E-state index in [4.69, 9.17) is 0 Å². The second-order valence-corrected chi connectivity index (χ2v) is 5.51. The molecule has 1 aliphatic rings. The standard InChI is InChI=1S/C16H23N3O2/c1-12-11-17-8-9-19(12)16(21)10-15(18-13(2)20)14-6-4-3-5-7-14/h3-7,12,15,17H,8-11H2,1-2H3,(H,18,20)/t12-,15?/m1/s1. The number of piperazine rings is 1. The first-order chi connectivity index (χ1) is 10.1. The first kappa shape index (κ1) is 15.5. The molecule has 0 aliphatic carbocycles. The molecule has 1 unspecified atom stereocenters. The highest BCUT2D eigenvalue weighted by Crippen LogP contribution is 2.19. The molecule has 0 aromatic heterocycles. The average molecular weight is 289 g/mol. The van der Waals surface area contributed by atoms with Crippen LogP contribution in [-0.2, 0) is 9.59 Å². The van der Waals surface area contributed by atoms with E-state index in [-0.39, 0.29) is 23.9 Å². The molecule has 0 saturated carbocycles. The van der Waals surface area contributed by atoms with E-state index in [1.54, 1.807) is 0 Å². The molecule has 1 aromatic rings. The fraction of sp³-hybridized carbons (Fsp3) is 0.500. The largest absolute Gasteiger partial charge is 0.349 e. The predicted molar refractivity (Wildman–Crippen MR) is 81.7 cm³/mol. The summed E-state index contributed by atoms with van der Waals surface area (Å²) in [7, 11) is 0. The van der Waals surface area contributed by atoms with Crippen molar-refractivity contribution in [2.24, 2.45) is 0 Å². The summed E-state index contributed by atoms with van der Waals surface area (Å²) in [5.41, 5.74) is 0.962. The van der Waals surface area contributed by atoms with Crippen molar-refractivity contribution in [3.63, 3.8) is 0 Å². The fourth-order valence-electron chi connectivity index (χ4n) is 2.69. The zero-order valence-corrected chi connectivity index (χ0v) is 12.6. The Labute approximate surface area is 125 Å². The molecule has 0 bridgehead atoms. The van der Waals surface area contributed by atoms with Crippen molar-refractivity contribution in [2.45, 2.75) is 32.4 Å². The van der Waals surface area contributed by atoms with E-state index in [1.165, 1.54) is 6.92 Å². The van der Waals surface area contributed by atoms with Gasteiger partial charge in [0.2, 0.25) is 11.8 Å². The van der Waals surface area contributed by atoms with Gasteiger partial charge in [0.15, 0.2) is 0 Å². The zero-order chi connectivity index (χ0) is 15.2. The number of amides is 2. The summed E-state index contributed by atoms with van der Waals surface area (Å²) in [5, 5.41) is 6.15. The third-order valence-corrected chi connectivity index (χ3v) is 3.78. The van der Waals surface area contributed by atoms with Gasteiger partial charge in [0.25, 0.3) is 0 Å². The maximum Gasteiger partial charge on any atom is 0.225 e. The van der Waals surface area contributed by atoms with Crippen LogP contribution in [0.3, 0.4) is 0 Å². The third kappa shape index (κ3) is 4.29. The molecule has 1 aromatic carbocycles. The number of carbonyl (C=O) groups is 2. The number of rotatable bonds is 4. The molecule has 1 heterocycles. The molecule has 114 valence electrons. The van der Waals surface area contributed by atoms with Crippen LogP contribution in [0, 0.1) is 0 Å². The molecule has 21 heavy (non-hydrogen) atoms. The number of benzene rings is 1. The molecule has 2 atom stereocenters. The number of nitrogens with zero attached hydrogens (tertiary/aromatic N) is 1. The lowest BCUT2D eigenvalue weighted by Crippen LogP contribution is -2.52. The molecule has 1 aliphatic heterocycles. The van der Waals surface area contributed by atoms with E-state index in [1.807, 2.05) is 42.2 Å². The molecule has 2 N–H and O–H groups in total. The lowest BCUT2D eigenvalue weighted by atomic mass is 10.0. The number of hydrogen-bond donors (Lipinski definition) is 2. The maximum atomic E-state index is 12.5. The smallest absolute Gasteiger partial charge is 0.225 e. The van der Waals surface area contributed by atoms with Crippen molar-refractivity contribution < 1.29 is 9.59 Å². The summed E-state index contributed by atoms with van der Waals surface area (Å²) in [6.45, 7) is 5.89. The highest BCUT2D eigenvalue weighted by Gasteiger charge is 2.26. The molecular weight excluding hydrogens is 266 g/mol. The van der Waals surface area contributed by atoms with Crippen LogP contribution in [-0.4, -0.2) is 42.4 Å². The van der Waals surface area contributed by atoms with Gasteiger partial charge in [0, 0.05) is 32.6 Å². The molecule has 0 radical (unpaired) electrons. The van der Waals surface area contributed by atoms with Crippen molar-refractivity contribution in [2.75, 3.05) is 19.6 Å². The van der Waals surface area contributed by atoms with Crippen LogP contribution < -0.4 is 10.6 Å². The summed E-state index contributed by atoms with van der Waals surface area (Å²) in [5.74, 6) is -0.0309. The van der Waals surface area contributed by atoms with E-state index in [2.05, 4.69) is 10.6 Å². The molecule has 5 heteroatoms. The minimum Gasteiger partial charge on any atom is -0.349 e. The van der Waals surface area contributed by atoms with Crippen molar-refractivity contribution in [3.8, 4) is 0 Å². The first-order valence-electron chi connectivity index (χ1n) is 7.40. The molecule has 1 fully saturated rings. The highest BCUT2D eigenvalue weighted by molar-refractivity contribution is 5.79. The quantitative estimate of drug-likeness (QED) is 0.872. The van der Waals surface area contributed by atoms with Gasteiger partial charge >= 0.3 is 0 Å². The third-order valence-electron chi connectivity index (χ3n) is 3.78. The Morgan fingerprint density at radius 3 is 2.71 bits per heavy atom. The van der Waals surface area contributed by atoms with Gasteiger partial charge in [-0.25, -0.2) is 0 Å². The monoisotopic (exact) mass is 289 g/mol. The number of carbonyl (C=O) groups excluding carboxylic acids is 2. The highest BCUT2D eigenvalue weighted by atomic mass is 16.2. The van der Waals surface area contributed by atoms with Crippen LogP contribution >= 0.6 is 0 Å². The van der Waals surface area contributed by atoms with E-state index in [0.717, 1.165) is 25.2 Å². The van der Waals surface area contributed by atoms with Crippen molar-refractivity contribution in [1.29, 1.82) is 0 Å². The average Bonchev–Trinajstić information content (AvgIpc) is 2.47. The zero-order valence-electron chi connectivity index (χ0n) is 12.6. The van der Waals surface area contributed by atoms with Crippen molar-refractivity contribution >= 4 is 11.8 Å². The van der Waals surface area contributed by atoms with Gasteiger partial charge in [0.05, 0.1) is 12.5 Å². The van der Waals surface area contributed by atoms with Crippen molar-refractivity contribution in [1.82, 2.24) is 15.5 Å². The van der Waals surface area contributed by atoms with Gasteiger partial charge in [-0.1, -0.05) is 30.3 Å². The van der Waals surface area contributed by atoms with Crippen LogP contribution in [0.5, 0.6) is 0 Å². The molecule has 1 saturated heterocycles.